The molecule has 4 heteroatoms. The normalized spacial score (nSPS) is 10.2. The Labute approximate surface area is 75.3 Å². The van der Waals surface area contributed by atoms with E-state index < -0.39 is 11.6 Å². The number of rotatable bonds is 1. The third kappa shape index (κ3) is 1.32. The fraction of sp³-hybridized carbons (Fsp3) is 0.333. The number of nitrogens with two attached hydrogens (primary N) is 1. The number of ether oxygens (including phenoxy) is 1. The van der Waals surface area contributed by atoms with Gasteiger partial charge in [0.15, 0.2) is 11.6 Å². The lowest BCUT2D eigenvalue weighted by atomic mass is 10.1. The first kappa shape index (κ1) is 9.77. The van der Waals surface area contributed by atoms with Crippen molar-refractivity contribution in [3.63, 3.8) is 0 Å². The number of hydrogen-bond donors (Lipinski definition) is 1. The summed E-state index contributed by atoms with van der Waals surface area (Å²) >= 11 is 0. The van der Waals surface area contributed by atoms with Gasteiger partial charge >= 0.3 is 0 Å². The van der Waals surface area contributed by atoms with Gasteiger partial charge < -0.3 is 10.5 Å². The summed E-state index contributed by atoms with van der Waals surface area (Å²) in [5, 5.41) is 0. The molecule has 13 heavy (non-hydrogen) atoms. The zero-order valence-electron chi connectivity index (χ0n) is 7.74. The molecular weight excluding hydrogens is 176 g/mol. The maximum atomic E-state index is 13.1. The Kier molecular flexibility index (Phi) is 2.40. The number of nitrogen functional groups attached to an aromatic ring is 1. The van der Waals surface area contributed by atoms with Crippen LogP contribution in [0.25, 0.3) is 0 Å². The molecule has 0 aliphatic rings. The van der Waals surface area contributed by atoms with Crippen molar-refractivity contribution in [2.45, 2.75) is 13.8 Å². The molecule has 0 aliphatic heterocycles. The van der Waals surface area contributed by atoms with Gasteiger partial charge in [-0.2, -0.15) is 4.39 Å². The van der Waals surface area contributed by atoms with Gasteiger partial charge in [0.25, 0.3) is 0 Å². The predicted octanol–water partition coefficient (Wildman–Crippen LogP) is 2.17. The van der Waals surface area contributed by atoms with Gasteiger partial charge in [-0.3, -0.25) is 0 Å². The molecule has 0 aliphatic carbocycles. The quantitative estimate of drug-likeness (QED) is 0.684. The molecule has 0 radical (unpaired) electrons. The van der Waals surface area contributed by atoms with Gasteiger partial charge in [0.2, 0.25) is 5.82 Å². The van der Waals surface area contributed by atoms with Crippen LogP contribution in [0.5, 0.6) is 5.75 Å². The van der Waals surface area contributed by atoms with Gasteiger partial charge in [-0.1, -0.05) is 0 Å². The van der Waals surface area contributed by atoms with Crippen molar-refractivity contribution in [1.82, 2.24) is 0 Å². The lowest BCUT2D eigenvalue weighted by Crippen LogP contribution is -2.04. The van der Waals surface area contributed by atoms with E-state index >= 15 is 0 Å². The minimum atomic E-state index is -1.04. The summed E-state index contributed by atoms with van der Waals surface area (Å²) in [7, 11) is 1.29. The SMILES string of the molecule is COc1c(C)c(C)c(N)c(F)c1F. The number of hydrogen-bond acceptors (Lipinski definition) is 2. The summed E-state index contributed by atoms with van der Waals surface area (Å²) < 4.78 is 30.9. The molecule has 0 atom stereocenters. The van der Waals surface area contributed by atoms with Gasteiger partial charge in [0.05, 0.1) is 12.8 Å². The Morgan fingerprint density at radius 1 is 1.08 bits per heavy atom. The van der Waals surface area contributed by atoms with E-state index in [0.717, 1.165) is 0 Å². The molecular formula is C9H11F2NO. The topological polar surface area (TPSA) is 35.2 Å². The van der Waals surface area contributed by atoms with Crippen LogP contribution in [0.4, 0.5) is 14.5 Å². The van der Waals surface area contributed by atoms with E-state index in [1.807, 2.05) is 0 Å². The van der Waals surface area contributed by atoms with E-state index in [-0.39, 0.29) is 11.4 Å². The zero-order chi connectivity index (χ0) is 10.2. The number of anilines is 1. The maximum Gasteiger partial charge on any atom is 0.203 e. The Balaban J connectivity index is 3.56. The molecule has 0 saturated heterocycles. The minimum Gasteiger partial charge on any atom is -0.493 e. The van der Waals surface area contributed by atoms with Crippen LogP contribution in [0.1, 0.15) is 11.1 Å². The van der Waals surface area contributed by atoms with E-state index in [1.165, 1.54) is 7.11 Å². The van der Waals surface area contributed by atoms with E-state index in [0.29, 0.717) is 11.1 Å². The first-order valence-electron chi connectivity index (χ1n) is 3.78. The summed E-state index contributed by atoms with van der Waals surface area (Å²) in [4.78, 5) is 0. The van der Waals surface area contributed by atoms with Crippen molar-refractivity contribution in [2.75, 3.05) is 12.8 Å². The van der Waals surface area contributed by atoms with Crippen LogP contribution in [-0.2, 0) is 0 Å². The fourth-order valence-electron chi connectivity index (χ4n) is 1.16. The van der Waals surface area contributed by atoms with Gasteiger partial charge in [-0.15, -0.1) is 0 Å². The molecule has 0 amide bonds. The monoisotopic (exact) mass is 187 g/mol. The van der Waals surface area contributed by atoms with Crippen LogP contribution >= 0.6 is 0 Å². The standard InChI is InChI=1S/C9H11F2NO/c1-4-5(2)9(13-3)7(11)6(10)8(4)12/h12H2,1-3H3. The van der Waals surface area contributed by atoms with Crippen LogP contribution in [0, 0.1) is 25.5 Å². The highest BCUT2D eigenvalue weighted by molar-refractivity contribution is 5.57. The molecule has 0 saturated carbocycles. The largest absolute Gasteiger partial charge is 0.493 e. The second-order valence-corrected chi connectivity index (χ2v) is 2.82. The van der Waals surface area contributed by atoms with E-state index in [2.05, 4.69) is 0 Å². The number of benzene rings is 1. The lowest BCUT2D eigenvalue weighted by molar-refractivity contribution is 0.369. The first-order chi connectivity index (χ1) is 6.00. The molecule has 1 aromatic rings. The van der Waals surface area contributed by atoms with Crippen molar-refractivity contribution in [3.8, 4) is 5.75 Å². The maximum absolute atomic E-state index is 13.1. The summed E-state index contributed by atoms with van der Waals surface area (Å²) in [6, 6.07) is 0. The minimum absolute atomic E-state index is 0.0794. The fourth-order valence-corrected chi connectivity index (χ4v) is 1.16. The molecule has 0 fully saturated rings. The molecule has 1 aromatic carbocycles. The lowest BCUT2D eigenvalue weighted by Gasteiger charge is -2.12. The summed E-state index contributed by atoms with van der Waals surface area (Å²) in [5.74, 6) is -2.15. The van der Waals surface area contributed by atoms with Crippen LogP contribution in [-0.4, -0.2) is 7.11 Å². The molecule has 0 heterocycles. The summed E-state index contributed by atoms with van der Waals surface area (Å²) in [6.07, 6.45) is 0. The van der Waals surface area contributed by atoms with Crippen molar-refractivity contribution in [2.24, 2.45) is 0 Å². The summed E-state index contributed by atoms with van der Waals surface area (Å²) in [5.41, 5.74) is 6.22. The molecule has 2 N–H and O–H groups in total. The molecule has 0 aromatic heterocycles. The first-order valence-corrected chi connectivity index (χ1v) is 3.78. The molecule has 1 rings (SSSR count). The van der Waals surface area contributed by atoms with Crippen molar-refractivity contribution >= 4 is 5.69 Å². The highest BCUT2D eigenvalue weighted by atomic mass is 19.2. The van der Waals surface area contributed by atoms with Crippen molar-refractivity contribution in [3.05, 3.63) is 22.8 Å². The Bertz CT molecular complexity index is 321. The second-order valence-electron chi connectivity index (χ2n) is 2.82. The molecule has 0 bridgehead atoms. The third-order valence-electron chi connectivity index (χ3n) is 2.14. The van der Waals surface area contributed by atoms with E-state index in [1.54, 1.807) is 13.8 Å². The van der Waals surface area contributed by atoms with E-state index in [9.17, 15) is 8.78 Å². The number of methoxy groups -OCH3 is 1. The molecule has 0 unspecified atom stereocenters. The van der Waals surface area contributed by atoms with Crippen molar-refractivity contribution < 1.29 is 13.5 Å². The molecule has 0 spiro atoms. The predicted molar refractivity (Wildman–Crippen MR) is 46.8 cm³/mol. The highest BCUT2D eigenvalue weighted by Gasteiger charge is 2.18. The van der Waals surface area contributed by atoms with E-state index in [4.69, 9.17) is 10.5 Å². The van der Waals surface area contributed by atoms with Crippen molar-refractivity contribution in [1.29, 1.82) is 0 Å². The van der Waals surface area contributed by atoms with Crippen LogP contribution in [0.2, 0.25) is 0 Å². The van der Waals surface area contributed by atoms with Crippen LogP contribution in [0.15, 0.2) is 0 Å². The highest BCUT2D eigenvalue weighted by Crippen LogP contribution is 2.32. The molecule has 72 valence electrons. The zero-order valence-corrected chi connectivity index (χ0v) is 7.74. The smallest absolute Gasteiger partial charge is 0.203 e. The van der Waals surface area contributed by atoms with Gasteiger partial charge in [-0.25, -0.2) is 4.39 Å². The average Bonchev–Trinajstić information content (AvgIpc) is 2.13. The Morgan fingerprint density at radius 3 is 2.08 bits per heavy atom. The van der Waals surface area contributed by atoms with Gasteiger partial charge in [0.1, 0.15) is 0 Å². The second kappa shape index (κ2) is 3.20. The van der Waals surface area contributed by atoms with Crippen LogP contribution in [0.3, 0.4) is 0 Å². The average molecular weight is 187 g/mol. The molecule has 2 nitrogen and oxygen atoms in total. The third-order valence-corrected chi connectivity index (χ3v) is 2.14. The van der Waals surface area contributed by atoms with Crippen LogP contribution < -0.4 is 10.5 Å². The Morgan fingerprint density at radius 2 is 1.62 bits per heavy atom. The number of halogens is 2. The summed E-state index contributed by atoms with van der Waals surface area (Å²) in [6.45, 7) is 3.25. The van der Waals surface area contributed by atoms with Gasteiger partial charge in [0, 0.05) is 0 Å². The Hall–Kier alpha value is -1.32. The van der Waals surface area contributed by atoms with Gasteiger partial charge in [-0.05, 0) is 25.0 Å².